The lowest BCUT2D eigenvalue weighted by atomic mass is 10.2. The van der Waals surface area contributed by atoms with Gasteiger partial charge in [-0.2, -0.15) is 9.61 Å². The molecule has 0 radical (unpaired) electrons. The third kappa shape index (κ3) is 3.02. The van der Waals surface area contributed by atoms with E-state index in [0.717, 1.165) is 5.56 Å². The second-order valence-corrected chi connectivity index (χ2v) is 5.40. The lowest BCUT2D eigenvalue weighted by molar-refractivity contribution is -0.118. The van der Waals surface area contributed by atoms with Crippen LogP contribution >= 0.6 is 0 Å². The van der Waals surface area contributed by atoms with E-state index in [4.69, 9.17) is 5.73 Å². The lowest BCUT2D eigenvalue weighted by Crippen LogP contribution is -2.18. The molecule has 0 spiro atoms. The maximum absolute atomic E-state index is 10.9. The molecule has 3 heterocycles. The highest BCUT2D eigenvalue weighted by Crippen LogP contribution is 2.19. The monoisotopic (exact) mass is 334 g/mol. The van der Waals surface area contributed by atoms with Crippen molar-refractivity contribution in [1.29, 1.82) is 0 Å². The number of primary amides is 1. The Bertz CT molecular complexity index is 1040. The average molecular weight is 334 g/mol. The molecule has 0 aliphatic heterocycles. The van der Waals surface area contributed by atoms with Crippen molar-refractivity contribution in [2.75, 3.05) is 5.32 Å². The van der Waals surface area contributed by atoms with E-state index in [1.807, 2.05) is 36.4 Å². The van der Waals surface area contributed by atoms with Crippen LogP contribution in [-0.2, 0) is 11.3 Å². The molecule has 0 bridgehead atoms. The summed E-state index contributed by atoms with van der Waals surface area (Å²) >= 11 is 0. The van der Waals surface area contributed by atoms with Gasteiger partial charge < -0.3 is 11.1 Å². The molecular weight excluding hydrogens is 320 g/mol. The molecule has 1 amide bonds. The van der Waals surface area contributed by atoms with Gasteiger partial charge in [-0.05, 0) is 12.1 Å². The number of nitrogens with two attached hydrogens (primary N) is 1. The molecule has 9 nitrogen and oxygen atoms in total. The highest BCUT2D eigenvalue weighted by Gasteiger charge is 2.10. The van der Waals surface area contributed by atoms with Crippen molar-refractivity contribution >= 4 is 23.1 Å². The van der Waals surface area contributed by atoms with Crippen molar-refractivity contribution in [2.24, 2.45) is 5.73 Å². The van der Waals surface area contributed by atoms with Crippen molar-refractivity contribution in [1.82, 2.24) is 29.6 Å². The zero-order chi connectivity index (χ0) is 17.2. The van der Waals surface area contributed by atoms with E-state index in [1.54, 1.807) is 23.0 Å². The Morgan fingerprint density at radius 3 is 2.76 bits per heavy atom. The van der Waals surface area contributed by atoms with Crippen LogP contribution in [0.15, 0.2) is 54.9 Å². The molecule has 9 heteroatoms. The lowest BCUT2D eigenvalue weighted by Gasteiger charge is -2.04. The first kappa shape index (κ1) is 14.8. The minimum atomic E-state index is -0.453. The van der Waals surface area contributed by atoms with E-state index in [1.165, 1.54) is 4.68 Å². The highest BCUT2D eigenvalue weighted by molar-refractivity contribution is 5.73. The van der Waals surface area contributed by atoms with Gasteiger partial charge in [-0.25, -0.2) is 0 Å². The number of hydrogen-bond acceptors (Lipinski definition) is 6. The van der Waals surface area contributed by atoms with Crippen LogP contribution < -0.4 is 11.1 Å². The SMILES string of the molecule is NC(=O)Cn1cc(Nc2ccc3nnc(-c4ccccc4)n3n2)cn1. The van der Waals surface area contributed by atoms with Crippen molar-refractivity contribution in [2.45, 2.75) is 6.54 Å². The third-order valence-corrected chi connectivity index (χ3v) is 3.52. The van der Waals surface area contributed by atoms with E-state index in [0.29, 0.717) is 23.0 Å². The van der Waals surface area contributed by atoms with Crippen molar-refractivity contribution in [3.63, 3.8) is 0 Å². The molecule has 0 aliphatic carbocycles. The van der Waals surface area contributed by atoms with Crippen LogP contribution in [-0.4, -0.2) is 35.5 Å². The predicted molar refractivity (Wildman–Crippen MR) is 90.9 cm³/mol. The fourth-order valence-electron chi connectivity index (χ4n) is 2.44. The van der Waals surface area contributed by atoms with Crippen molar-refractivity contribution < 1.29 is 4.79 Å². The van der Waals surface area contributed by atoms with Crippen molar-refractivity contribution in [3.05, 3.63) is 54.9 Å². The number of aromatic nitrogens is 6. The molecule has 0 unspecified atom stereocenters. The van der Waals surface area contributed by atoms with E-state index < -0.39 is 5.91 Å². The van der Waals surface area contributed by atoms with Crippen LogP contribution in [0.2, 0.25) is 0 Å². The first-order chi connectivity index (χ1) is 12.2. The average Bonchev–Trinajstić information content (AvgIpc) is 3.21. The first-order valence-electron chi connectivity index (χ1n) is 7.55. The number of nitrogens with one attached hydrogen (secondary N) is 1. The van der Waals surface area contributed by atoms with Gasteiger partial charge in [-0.3, -0.25) is 9.48 Å². The van der Waals surface area contributed by atoms with Crippen molar-refractivity contribution in [3.8, 4) is 11.4 Å². The molecule has 0 atom stereocenters. The molecule has 0 fully saturated rings. The second kappa shape index (κ2) is 6.04. The van der Waals surface area contributed by atoms with Gasteiger partial charge in [0.05, 0.1) is 11.9 Å². The molecule has 4 aromatic rings. The third-order valence-electron chi connectivity index (χ3n) is 3.52. The Kier molecular flexibility index (Phi) is 3.58. The molecule has 0 saturated carbocycles. The summed E-state index contributed by atoms with van der Waals surface area (Å²) in [7, 11) is 0. The first-order valence-corrected chi connectivity index (χ1v) is 7.55. The quantitative estimate of drug-likeness (QED) is 0.567. The predicted octanol–water partition coefficient (Wildman–Crippen LogP) is 1.22. The maximum Gasteiger partial charge on any atom is 0.239 e. The van der Waals surface area contributed by atoms with Gasteiger partial charge >= 0.3 is 0 Å². The molecule has 124 valence electrons. The number of benzene rings is 1. The van der Waals surface area contributed by atoms with Crippen LogP contribution in [0.3, 0.4) is 0 Å². The topological polar surface area (TPSA) is 116 Å². The molecule has 3 N–H and O–H groups in total. The number of amides is 1. The van der Waals surface area contributed by atoms with E-state index >= 15 is 0 Å². The Balaban J connectivity index is 1.65. The minimum Gasteiger partial charge on any atom is -0.368 e. The van der Waals surface area contributed by atoms with Crippen LogP contribution in [0.4, 0.5) is 11.5 Å². The Hall–Kier alpha value is -3.75. The molecule has 0 aliphatic rings. The van der Waals surface area contributed by atoms with Gasteiger partial charge in [0.25, 0.3) is 0 Å². The Morgan fingerprint density at radius 1 is 1.12 bits per heavy atom. The number of fused-ring (bicyclic) bond motifs is 1. The van der Waals surface area contributed by atoms with Gasteiger partial charge in [-0.1, -0.05) is 30.3 Å². The molecule has 1 aromatic carbocycles. The van der Waals surface area contributed by atoms with Crippen LogP contribution in [0, 0.1) is 0 Å². The minimum absolute atomic E-state index is 0.0255. The summed E-state index contributed by atoms with van der Waals surface area (Å²) in [5.41, 5.74) is 7.43. The second-order valence-electron chi connectivity index (χ2n) is 5.40. The molecule has 3 aromatic heterocycles. The summed E-state index contributed by atoms with van der Waals surface area (Å²) in [5.74, 6) is 0.804. The number of rotatable bonds is 5. The van der Waals surface area contributed by atoms with Gasteiger partial charge in [0.2, 0.25) is 5.91 Å². The standard InChI is InChI=1S/C16H14N8O/c17-13(25)10-23-9-12(8-18-23)19-14-6-7-15-20-21-16(24(15)22-14)11-4-2-1-3-5-11/h1-9H,10H2,(H2,17,25)(H,19,22). The fourth-order valence-corrected chi connectivity index (χ4v) is 2.44. The summed E-state index contributed by atoms with van der Waals surface area (Å²) in [6.45, 7) is 0.0255. The smallest absolute Gasteiger partial charge is 0.239 e. The normalized spacial score (nSPS) is 10.9. The molecular formula is C16H14N8O. The van der Waals surface area contributed by atoms with Crippen LogP contribution in [0.5, 0.6) is 0 Å². The number of nitrogens with zero attached hydrogens (tertiary/aromatic N) is 6. The van der Waals surface area contributed by atoms with Crippen LogP contribution in [0.1, 0.15) is 0 Å². The van der Waals surface area contributed by atoms with E-state index in [-0.39, 0.29) is 6.54 Å². The largest absolute Gasteiger partial charge is 0.368 e. The van der Waals surface area contributed by atoms with Gasteiger partial charge in [0, 0.05) is 11.8 Å². The number of carbonyl (C=O) groups is 1. The summed E-state index contributed by atoms with van der Waals surface area (Å²) in [5, 5.41) is 20.1. The Labute approximate surface area is 142 Å². The summed E-state index contributed by atoms with van der Waals surface area (Å²) in [6, 6.07) is 13.3. The molecule has 25 heavy (non-hydrogen) atoms. The summed E-state index contributed by atoms with van der Waals surface area (Å²) < 4.78 is 3.13. The van der Waals surface area contributed by atoms with Crippen LogP contribution in [0.25, 0.3) is 17.0 Å². The number of hydrogen-bond donors (Lipinski definition) is 2. The molecule has 4 rings (SSSR count). The Morgan fingerprint density at radius 2 is 1.96 bits per heavy atom. The van der Waals surface area contributed by atoms with Gasteiger partial charge in [0.1, 0.15) is 6.54 Å². The maximum atomic E-state index is 10.9. The summed E-state index contributed by atoms with van der Waals surface area (Å²) in [4.78, 5) is 10.9. The van der Waals surface area contributed by atoms with E-state index in [2.05, 4.69) is 25.7 Å². The van der Waals surface area contributed by atoms with E-state index in [9.17, 15) is 4.79 Å². The number of carbonyl (C=O) groups excluding carboxylic acids is 1. The van der Waals surface area contributed by atoms with Gasteiger partial charge in [0.15, 0.2) is 17.3 Å². The zero-order valence-corrected chi connectivity index (χ0v) is 13.1. The summed E-state index contributed by atoms with van der Waals surface area (Å²) in [6.07, 6.45) is 3.28. The number of anilines is 2. The fraction of sp³-hybridized carbons (Fsp3) is 0.0625. The zero-order valence-electron chi connectivity index (χ0n) is 13.1. The van der Waals surface area contributed by atoms with Gasteiger partial charge in [-0.15, -0.1) is 15.3 Å². The highest BCUT2D eigenvalue weighted by atomic mass is 16.1. The molecule has 0 saturated heterocycles.